The number of fused-ring (bicyclic) bond motifs is 1. The van der Waals surface area contributed by atoms with E-state index in [0.717, 1.165) is 16.5 Å². The molecule has 3 rings (SSSR count). The molecule has 1 heterocycles. The molecule has 1 aromatic heterocycles. The van der Waals surface area contributed by atoms with E-state index in [0.29, 0.717) is 11.4 Å². The number of halogens is 1. The number of nitrogens with one attached hydrogen (secondary N) is 2. The summed E-state index contributed by atoms with van der Waals surface area (Å²) in [6, 6.07) is 11.5. The molecule has 0 fully saturated rings. The Kier molecular flexibility index (Phi) is 5.14. The van der Waals surface area contributed by atoms with Crippen molar-refractivity contribution in [1.82, 2.24) is 9.71 Å². The van der Waals surface area contributed by atoms with E-state index in [2.05, 4.69) is 23.6 Å². The number of H-pyrrole nitrogens is 1. The first-order valence-electron chi connectivity index (χ1n) is 8.97. The second-order valence-corrected chi connectivity index (χ2v) is 9.59. The SMILES string of the molecule is CC(C)c1ccc(S(=O)(=O)NCC(C)(C)c2c[nH]c3cc(F)ccc23)cc1. The van der Waals surface area contributed by atoms with Gasteiger partial charge in [-0.1, -0.05) is 39.8 Å². The smallest absolute Gasteiger partial charge is 0.240 e. The van der Waals surface area contributed by atoms with Gasteiger partial charge in [-0.05, 0) is 47.4 Å². The molecule has 0 aliphatic heterocycles. The molecule has 2 N–H and O–H groups in total. The van der Waals surface area contributed by atoms with E-state index < -0.39 is 15.4 Å². The van der Waals surface area contributed by atoms with E-state index in [-0.39, 0.29) is 17.3 Å². The van der Waals surface area contributed by atoms with Crippen LogP contribution in [0.5, 0.6) is 0 Å². The Morgan fingerprint density at radius 3 is 2.41 bits per heavy atom. The van der Waals surface area contributed by atoms with Gasteiger partial charge in [0.15, 0.2) is 0 Å². The highest BCUT2D eigenvalue weighted by Crippen LogP contribution is 2.30. The van der Waals surface area contributed by atoms with Gasteiger partial charge in [-0.25, -0.2) is 17.5 Å². The molecule has 3 aromatic rings. The van der Waals surface area contributed by atoms with Crippen molar-refractivity contribution in [3.05, 3.63) is 65.6 Å². The summed E-state index contributed by atoms with van der Waals surface area (Å²) in [6.45, 7) is 8.28. The standard InChI is InChI=1S/C21H25FN2O2S/c1-14(2)15-5-8-17(9-6-15)27(25,26)24-13-21(3,4)19-12-23-20-11-16(22)7-10-18(19)20/h5-12,14,23-24H,13H2,1-4H3. The molecule has 4 nitrogen and oxygen atoms in total. The molecule has 27 heavy (non-hydrogen) atoms. The van der Waals surface area contributed by atoms with Crippen LogP contribution in [-0.4, -0.2) is 19.9 Å². The topological polar surface area (TPSA) is 62.0 Å². The van der Waals surface area contributed by atoms with Crippen LogP contribution in [0.2, 0.25) is 0 Å². The highest BCUT2D eigenvalue weighted by molar-refractivity contribution is 7.89. The first kappa shape index (κ1) is 19.6. The number of hydrogen-bond acceptors (Lipinski definition) is 2. The van der Waals surface area contributed by atoms with Crippen molar-refractivity contribution in [2.75, 3.05) is 6.54 Å². The lowest BCUT2D eigenvalue weighted by Gasteiger charge is -2.25. The fourth-order valence-corrected chi connectivity index (χ4v) is 4.36. The van der Waals surface area contributed by atoms with Crippen LogP contribution in [0.4, 0.5) is 4.39 Å². The highest BCUT2D eigenvalue weighted by atomic mass is 32.2. The van der Waals surface area contributed by atoms with Gasteiger partial charge in [-0.2, -0.15) is 0 Å². The lowest BCUT2D eigenvalue weighted by molar-refractivity contribution is 0.504. The van der Waals surface area contributed by atoms with Gasteiger partial charge >= 0.3 is 0 Å². The van der Waals surface area contributed by atoms with Crippen molar-refractivity contribution in [3.8, 4) is 0 Å². The van der Waals surface area contributed by atoms with Crippen molar-refractivity contribution >= 4 is 20.9 Å². The van der Waals surface area contributed by atoms with Crippen molar-refractivity contribution in [3.63, 3.8) is 0 Å². The first-order valence-corrected chi connectivity index (χ1v) is 10.5. The first-order chi connectivity index (χ1) is 12.6. The number of rotatable bonds is 6. The Balaban J connectivity index is 1.81. The fourth-order valence-electron chi connectivity index (χ4n) is 3.14. The van der Waals surface area contributed by atoms with Crippen molar-refractivity contribution < 1.29 is 12.8 Å². The number of sulfonamides is 1. The molecule has 0 saturated heterocycles. The Morgan fingerprint density at radius 1 is 1.11 bits per heavy atom. The second kappa shape index (κ2) is 7.09. The molecule has 2 aromatic carbocycles. The van der Waals surface area contributed by atoms with E-state index >= 15 is 0 Å². The van der Waals surface area contributed by atoms with Crippen LogP contribution in [0, 0.1) is 5.82 Å². The van der Waals surface area contributed by atoms with E-state index in [9.17, 15) is 12.8 Å². The summed E-state index contributed by atoms with van der Waals surface area (Å²) in [5.74, 6) is 0.0413. The van der Waals surface area contributed by atoms with Gasteiger partial charge in [0.1, 0.15) is 5.82 Å². The maximum absolute atomic E-state index is 13.4. The van der Waals surface area contributed by atoms with Gasteiger partial charge in [0.25, 0.3) is 0 Å². The Hall–Kier alpha value is -2.18. The van der Waals surface area contributed by atoms with Crippen LogP contribution in [0.15, 0.2) is 53.6 Å². The summed E-state index contributed by atoms with van der Waals surface area (Å²) in [4.78, 5) is 3.32. The minimum atomic E-state index is -3.61. The van der Waals surface area contributed by atoms with E-state index in [1.807, 2.05) is 32.2 Å². The summed E-state index contributed by atoms with van der Waals surface area (Å²) in [5, 5.41) is 0.891. The normalized spacial score (nSPS) is 12.8. The van der Waals surface area contributed by atoms with Gasteiger partial charge in [0, 0.05) is 29.1 Å². The molecule has 0 aliphatic rings. The van der Waals surface area contributed by atoms with Crippen LogP contribution >= 0.6 is 0 Å². The van der Waals surface area contributed by atoms with Gasteiger partial charge in [-0.3, -0.25) is 0 Å². The summed E-state index contributed by atoms with van der Waals surface area (Å²) in [7, 11) is -3.61. The van der Waals surface area contributed by atoms with Crippen LogP contribution in [0.25, 0.3) is 10.9 Å². The molecule has 0 bridgehead atoms. The third-order valence-corrected chi connectivity index (χ3v) is 6.35. The predicted octanol–water partition coefficient (Wildman–Crippen LogP) is 4.69. The number of hydrogen-bond donors (Lipinski definition) is 2. The van der Waals surface area contributed by atoms with Crippen LogP contribution < -0.4 is 4.72 Å². The number of aromatic amines is 1. The molecular formula is C21H25FN2O2S. The second-order valence-electron chi connectivity index (χ2n) is 7.82. The average Bonchev–Trinajstić information content (AvgIpc) is 3.04. The molecule has 144 valence electrons. The van der Waals surface area contributed by atoms with Gasteiger partial charge in [-0.15, -0.1) is 0 Å². The monoisotopic (exact) mass is 388 g/mol. The minimum Gasteiger partial charge on any atom is -0.361 e. The molecule has 0 atom stereocenters. The van der Waals surface area contributed by atoms with Gasteiger partial charge < -0.3 is 4.98 Å². The molecule has 0 amide bonds. The van der Waals surface area contributed by atoms with E-state index in [4.69, 9.17) is 0 Å². The van der Waals surface area contributed by atoms with Crippen LogP contribution in [0.1, 0.15) is 44.7 Å². The number of benzene rings is 2. The van der Waals surface area contributed by atoms with Gasteiger partial charge in [0.2, 0.25) is 10.0 Å². The largest absolute Gasteiger partial charge is 0.361 e. The zero-order valence-corrected chi connectivity index (χ0v) is 16.8. The quantitative estimate of drug-likeness (QED) is 0.644. The molecule has 0 aliphatic carbocycles. The zero-order valence-electron chi connectivity index (χ0n) is 16.0. The fraction of sp³-hybridized carbons (Fsp3) is 0.333. The zero-order chi connectivity index (χ0) is 19.8. The number of aromatic nitrogens is 1. The maximum Gasteiger partial charge on any atom is 0.240 e. The Morgan fingerprint density at radius 2 is 1.78 bits per heavy atom. The van der Waals surface area contributed by atoms with Crippen LogP contribution in [0.3, 0.4) is 0 Å². The molecule has 0 spiro atoms. The minimum absolute atomic E-state index is 0.228. The van der Waals surface area contributed by atoms with E-state index in [1.165, 1.54) is 12.1 Å². The highest BCUT2D eigenvalue weighted by Gasteiger charge is 2.27. The van der Waals surface area contributed by atoms with Crippen molar-refractivity contribution in [1.29, 1.82) is 0 Å². The maximum atomic E-state index is 13.4. The summed E-state index contributed by atoms with van der Waals surface area (Å²) >= 11 is 0. The summed E-state index contributed by atoms with van der Waals surface area (Å²) < 4.78 is 41.5. The predicted molar refractivity (Wildman–Crippen MR) is 107 cm³/mol. The Labute approximate surface area is 159 Å². The summed E-state index contributed by atoms with van der Waals surface area (Å²) in [5.41, 5.74) is 2.27. The van der Waals surface area contributed by atoms with Crippen molar-refractivity contribution in [2.45, 2.75) is 43.9 Å². The third kappa shape index (κ3) is 4.06. The Bertz CT molecular complexity index is 1050. The lowest BCUT2D eigenvalue weighted by atomic mass is 9.85. The molecule has 0 unspecified atom stereocenters. The molecule has 6 heteroatoms. The molecule has 0 saturated carbocycles. The summed E-state index contributed by atoms with van der Waals surface area (Å²) in [6.07, 6.45) is 1.82. The van der Waals surface area contributed by atoms with Gasteiger partial charge in [0.05, 0.1) is 4.90 Å². The van der Waals surface area contributed by atoms with E-state index in [1.54, 1.807) is 18.2 Å². The van der Waals surface area contributed by atoms with Crippen molar-refractivity contribution in [2.24, 2.45) is 0 Å². The third-order valence-electron chi connectivity index (χ3n) is 4.93. The molecular weight excluding hydrogens is 363 g/mol. The lowest BCUT2D eigenvalue weighted by Crippen LogP contribution is -2.36. The average molecular weight is 389 g/mol. The molecule has 0 radical (unpaired) electrons. The van der Waals surface area contributed by atoms with Crippen LogP contribution in [-0.2, 0) is 15.4 Å².